The predicted molar refractivity (Wildman–Crippen MR) is 74.6 cm³/mol. The number of halogens is 1. The zero-order valence-corrected chi connectivity index (χ0v) is 11.3. The molecule has 1 aromatic heterocycles. The van der Waals surface area contributed by atoms with Crippen molar-refractivity contribution in [3.63, 3.8) is 0 Å². The summed E-state index contributed by atoms with van der Waals surface area (Å²) in [5, 5.41) is 4.03. The average molecular weight is 259 g/mol. The molecule has 0 aliphatic rings. The van der Waals surface area contributed by atoms with Crippen LogP contribution in [0.5, 0.6) is 0 Å². The number of rotatable bonds is 8. The molecule has 2 nitrogen and oxygen atoms in total. The average Bonchev–Trinajstić information content (AvgIpc) is 2.30. The van der Waals surface area contributed by atoms with Crippen molar-refractivity contribution in [2.75, 3.05) is 23.9 Å². The Morgan fingerprint density at radius 2 is 2.12 bits per heavy atom. The SMILES string of the molecule is CSCCCCCCNc1ccncc1Cl. The van der Waals surface area contributed by atoms with Crippen LogP contribution >= 0.6 is 23.4 Å². The third kappa shape index (κ3) is 5.61. The molecule has 0 aromatic carbocycles. The van der Waals surface area contributed by atoms with Gasteiger partial charge in [0.2, 0.25) is 0 Å². The van der Waals surface area contributed by atoms with E-state index in [-0.39, 0.29) is 0 Å². The Morgan fingerprint density at radius 3 is 2.88 bits per heavy atom. The zero-order chi connectivity index (χ0) is 11.6. The molecule has 0 radical (unpaired) electrons. The predicted octanol–water partition coefficient (Wildman–Crippen LogP) is 4.07. The Kier molecular flexibility index (Phi) is 7.43. The molecule has 0 saturated heterocycles. The quantitative estimate of drug-likeness (QED) is 0.712. The summed E-state index contributed by atoms with van der Waals surface area (Å²) in [5.74, 6) is 1.28. The highest BCUT2D eigenvalue weighted by Crippen LogP contribution is 2.19. The van der Waals surface area contributed by atoms with Crippen LogP contribution in [0.3, 0.4) is 0 Å². The van der Waals surface area contributed by atoms with Gasteiger partial charge in [-0.15, -0.1) is 0 Å². The summed E-state index contributed by atoms with van der Waals surface area (Å²) >= 11 is 7.90. The molecule has 90 valence electrons. The standard InChI is InChI=1S/C12H19ClN2S/c1-16-9-5-3-2-4-7-15-12-6-8-14-10-11(12)13/h6,8,10H,2-5,7,9H2,1H3,(H,14,15). The fourth-order valence-corrected chi connectivity index (χ4v) is 2.15. The summed E-state index contributed by atoms with van der Waals surface area (Å²) in [6, 6.07) is 1.91. The smallest absolute Gasteiger partial charge is 0.0820 e. The van der Waals surface area contributed by atoms with Crippen molar-refractivity contribution in [3.05, 3.63) is 23.5 Å². The van der Waals surface area contributed by atoms with Crippen molar-refractivity contribution in [3.8, 4) is 0 Å². The lowest BCUT2D eigenvalue weighted by Gasteiger charge is -2.07. The van der Waals surface area contributed by atoms with E-state index in [4.69, 9.17) is 11.6 Å². The molecule has 16 heavy (non-hydrogen) atoms. The van der Waals surface area contributed by atoms with Crippen molar-refractivity contribution in [1.82, 2.24) is 4.98 Å². The minimum absolute atomic E-state index is 0.699. The molecule has 1 rings (SSSR count). The summed E-state index contributed by atoms with van der Waals surface area (Å²) in [6.07, 6.45) is 10.7. The van der Waals surface area contributed by atoms with Gasteiger partial charge in [0.15, 0.2) is 0 Å². The summed E-state index contributed by atoms with van der Waals surface area (Å²) in [5.41, 5.74) is 0.987. The van der Waals surface area contributed by atoms with Crippen LogP contribution in [0.1, 0.15) is 25.7 Å². The molecule has 0 aliphatic carbocycles. The molecule has 1 heterocycles. The molecule has 0 amide bonds. The van der Waals surface area contributed by atoms with E-state index in [1.54, 1.807) is 12.4 Å². The van der Waals surface area contributed by atoms with E-state index in [9.17, 15) is 0 Å². The van der Waals surface area contributed by atoms with Gasteiger partial charge in [-0.25, -0.2) is 0 Å². The second kappa shape index (κ2) is 8.71. The first-order valence-electron chi connectivity index (χ1n) is 5.67. The Hall–Kier alpha value is -0.410. The van der Waals surface area contributed by atoms with Gasteiger partial charge in [0.05, 0.1) is 10.7 Å². The van der Waals surface area contributed by atoms with Crippen LogP contribution < -0.4 is 5.32 Å². The maximum absolute atomic E-state index is 5.98. The minimum Gasteiger partial charge on any atom is -0.384 e. The Labute approximate surface area is 107 Å². The number of nitrogens with zero attached hydrogens (tertiary/aromatic N) is 1. The van der Waals surface area contributed by atoms with Crippen molar-refractivity contribution < 1.29 is 0 Å². The van der Waals surface area contributed by atoms with E-state index in [0.29, 0.717) is 5.02 Å². The summed E-state index contributed by atoms with van der Waals surface area (Å²) in [4.78, 5) is 3.95. The van der Waals surface area contributed by atoms with E-state index in [0.717, 1.165) is 12.2 Å². The zero-order valence-electron chi connectivity index (χ0n) is 9.71. The van der Waals surface area contributed by atoms with Gasteiger partial charge in [-0.3, -0.25) is 4.98 Å². The fourth-order valence-electron chi connectivity index (χ4n) is 1.47. The van der Waals surface area contributed by atoms with Crippen LogP contribution in [0.2, 0.25) is 5.02 Å². The third-order valence-electron chi connectivity index (χ3n) is 2.36. The van der Waals surface area contributed by atoms with Crippen LogP contribution in [0, 0.1) is 0 Å². The topological polar surface area (TPSA) is 24.9 Å². The Bertz CT molecular complexity index is 294. The first-order chi connectivity index (χ1) is 7.84. The van der Waals surface area contributed by atoms with Gasteiger partial charge in [-0.1, -0.05) is 24.4 Å². The summed E-state index contributed by atoms with van der Waals surface area (Å²) in [6.45, 7) is 0.989. The van der Waals surface area contributed by atoms with E-state index in [1.165, 1.54) is 31.4 Å². The number of anilines is 1. The second-order valence-electron chi connectivity index (χ2n) is 3.69. The van der Waals surface area contributed by atoms with Gasteiger partial charge >= 0.3 is 0 Å². The van der Waals surface area contributed by atoms with Gasteiger partial charge in [-0.05, 0) is 30.9 Å². The van der Waals surface area contributed by atoms with Crippen LogP contribution in [0.4, 0.5) is 5.69 Å². The highest BCUT2D eigenvalue weighted by Gasteiger charge is 1.97. The van der Waals surface area contributed by atoms with Gasteiger partial charge in [0.1, 0.15) is 0 Å². The first kappa shape index (κ1) is 13.7. The molecular weight excluding hydrogens is 240 g/mol. The lowest BCUT2D eigenvalue weighted by molar-refractivity contribution is 0.689. The number of thioether (sulfide) groups is 1. The number of unbranched alkanes of at least 4 members (excludes halogenated alkanes) is 3. The van der Waals surface area contributed by atoms with Crippen LogP contribution in [0.25, 0.3) is 0 Å². The van der Waals surface area contributed by atoms with Crippen molar-refractivity contribution in [1.29, 1.82) is 0 Å². The van der Waals surface area contributed by atoms with E-state index in [2.05, 4.69) is 16.6 Å². The third-order valence-corrected chi connectivity index (χ3v) is 3.36. The molecule has 1 N–H and O–H groups in total. The minimum atomic E-state index is 0.699. The fraction of sp³-hybridized carbons (Fsp3) is 0.583. The van der Waals surface area contributed by atoms with Crippen molar-refractivity contribution >= 4 is 29.1 Å². The molecule has 1 aromatic rings. The first-order valence-corrected chi connectivity index (χ1v) is 7.44. The summed E-state index contributed by atoms with van der Waals surface area (Å²) < 4.78 is 0. The molecule has 0 atom stereocenters. The highest BCUT2D eigenvalue weighted by atomic mass is 35.5. The molecule has 0 unspecified atom stereocenters. The number of hydrogen-bond acceptors (Lipinski definition) is 3. The van der Waals surface area contributed by atoms with Gasteiger partial charge in [0.25, 0.3) is 0 Å². The van der Waals surface area contributed by atoms with E-state index in [1.807, 2.05) is 17.8 Å². The van der Waals surface area contributed by atoms with E-state index < -0.39 is 0 Å². The normalized spacial score (nSPS) is 10.4. The molecule has 0 saturated carbocycles. The largest absolute Gasteiger partial charge is 0.384 e. The molecular formula is C12H19ClN2S. The molecule has 0 bridgehead atoms. The maximum atomic E-state index is 5.98. The molecule has 0 aliphatic heterocycles. The Balaban J connectivity index is 2.05. The lowest BCUT2D eigenvalue weighted by Crippen LogP contribution is -2.02. The Morgan fingerprint density at radius 1 is 1.31 bits per heavy atom. The number of hydrogen-bond donors (Lipinski definition) is 1. The van der Waals surface area contributed by atoms with Crippen molar-refractivity contribution in [2.24, 2.45) is 0 Å². The van der Waals surface area contributed by atoms with E-state index >= 15 is 0 Å². The van der Waals surface area contributed by atoms with Gasteiger partial charge < -0.3 is 5.32 Å². The second-order valence-corrected chi connectivity index (χ2v) is 5.08. The van der Waals surface area contributed by atoms with Crippen molar-refractivity contribution in [2.45, 2.75) is 25.7 Å². The monoisotopic (exact) mass is 258 g/mol. The molecule has 0 fully saturated rings. The van der Waals surface area contributed by atoms with Crippen LogP contribution in [-0.2, 0) is 0 Å². The lowest BCUT2D eigenvalue weighted by atomic mass is 10.2. The van der Waals surface area contributed by atoms with Crippen LogP contribution in [0.15, 0.2) is 18.5 Å². The molecule has 4 heteroatoms. The number of pyridine rings is 1. The highest BCUT2D eigenvalue weighted by molar-refractivity contribution is 7.98. The number of nitrogens with one attached hydrogen (secondary N) is 1. The van der Waals surface area contributed by atoms with Gasteiger partial charge in [-0.2, -0.15) is 11.8 Å². The molecule has 0 spiro atoms. The van der Waals surface area contributed by atoms with Gasteiger partial charge in [0, 0.05) is 18.9 Å². The maximum Gasteiger partial charge on any atom is 0.0820 e. The number of aromatic nitrogens is 1. The summed E-state index contributed by atoms with van der Waals surface area (Å²) in [7, 11) is 0. The van der Waals surface area contributed by atoms with Crippen LogP contribution in [-0.4, -0.2) is 23.5 Å².